The summed E-state index contributed by atoms with van der Waals surface area (Å²) in [5.74, 6) is 1.70. The number of nitrogens with zero attached hydrogens (tertiary/aromatic N) is 3. The van der Waals surface area contributed by atoms with Crippen LogP contribution in [0.25, 0.3) is 11.3 Å². The van der Waals surface area contributed by atoms with E-state index < -0.39 is 0 Å². The third-order valence-corrected chi connectivity index (χ3v) is 3.81. The van der Waals surface area contributed by atoms with E-state index in [-0.39, 0.29) is 0 Å². The minimum Gasteiger partial charge on any atom is -0.370 e. The third-order valence-electron chi connectivity index (χ3n) is 3.81. The van der Waals surface area contributed by atoms with Gasteiger partial charge in [0.25, 0.3) is 0 Å². The van der Waals surface area contributed by atoms with Gasteiger partial charge in [0.15, 0.2) is 0 Å². The number of hydrogen-bond donors (Lipinski definition) is 1. The van der Waals surface area contributed by atoms with Crippen molar-refractivity contribution in [3.63, 3.8) is 0 Å². The lowest BCUT2D eigenvalue weighted by Gasteiger charge is -2.19. The fourth-order valence-corrected chi connectivity index (χ4v) is 2.34. The molecule has 0 amide bonds. The van der Waals surface area contributed by atoms with E-state index in [0.29, 0.717) is 0 Å². The van der Waals surface area contributed by atoms with Crippen molar-refractivity contribution in [3.8, 4) is 11.3 Å². The molecule has 0 saturated heterocycles. The molecule has 4 nitrogen and oxygen atoms in total. The van der Waals surface area contributed by atoms with E-state index in [4.69, 9.17) is 4.98 Å². The predicted molar refractivity (Wildman–Crippen MR) is 99.0 cm³/mol. The van der Waals surface area contributed by atoms with Crippen molar-refractivity contribution in [1.29, 1.82) is 0 Å². The van der Waals surface area contributed by atoms with Gasteiger partial charge in [-0.1, -0.05) is 57.0 Å². The molecule has 0 aliphatic heterocycles. The Bertz CT molecular complexity index is 583. The number of anilines is 2. The minimum atomic E-state index is 0.791. The normalized spacial score (nSPS) is 10.6. The molecule has 1 aromatic heterocycles. The molecule has 1 N–H and O–H groups in total. The fourth-order valence-electron chi connectivity index (χ4n) is 2.34. The lowest BCUT2D eigenvalue weighted by atomic mass is 10.1. The molecule has 0 saturated carbocycles. The fraction of sp³-hybridized carbons (Fsp3) is 0.474. The smallest absolute Gasteiger partial charge is 0.227 e. The van der Waals surface area contributed by atoms with Gasteiger partial charge in [0.05, 0.1) is 5.69 Å². The van der Waals surface area contributed by atoms with Crippen LogP contribution in [-0.2, 0) is 0 Å². The maximum atomic E-state index is 4.76. The SMILES string of the molecule is CCCCNc1cc(-c2ccccc2)nc(N(C)CCCC)n1. The van der Waals surface area contributed by atoms with Crippen LogP contribution in [0.3, 0.4) is 0 Å². The van der Waals surface area contributed by atoms with E-state index in [0.717, 1.165) is 49.0 Å². The molecule has 0 unspecified atom stereocenters. The van der Waals surface area contributed by atoms with Crippen LogP contribution >= 0.6 is 0 Å². The summed E-state index contributed by atoms with van der Waals surface area (Å²) in [6.45, 7) is 6.32. The summed E-state index contributed by atoms with van der Waals surface area (Å²) in [5, 5.41) is 3.43. The average Bonchev–Trinajstić information content (AvgIpc) is 2.60. The van der Waals surface area contributed by atoms with Crippen LogP contribution in [0.15, 0.2) is 36.4 Å². The minimum absolute atomic E-state index is 0.791. The molecule has 0 aliphatic rings. The zero-order valence-electron chi connectivity index (χ0n) is 14.5. The van der Waals surface area contributed by atoms with Crippen molar-refractivity contribution in [2.45, 2.75) is 39.5 Å². The second-order valence-corrected chi connectivity index (χ2v) is 5.86. The van der Waals surface area contributed by atoms with Crippen molar-refractivity contribution < 1.29 is 0 Å². The third kappa shape index (κ3) is 5.23. The summed E-state index contributed by atoms with van der Waals surface area (Å²) in [5.41, 5.74) is 2.09. The van der Waals surface area contributed by atoms with Crippen LogP contribution in [-0.4, -0.2) is 30.1 Å². The summed E-state index contributed by atoms with van der Waals surface area (Å²) in [4.78, 5) is 11.6. The zero-order valence-corrected chi connectivity index (χ0v) is 14.5. The van der Waals surface area contributed by atoms with Crippen LogP contribution in [0, 0.1) is 0 Å². The van der Waals surface area contributed by atoms with Crippen LogP contribution in [0.2, 0.25) is 0 Å². The summed E-state index contributed by atoms with van der Waals surface area (Å²) in [6, 6.07) is 12.3. The number of aromatic nitrogens is 2. The van der Waals surface area contributed by atoms with Crippen LogP contribution in [0.5, 0.6) is 0 Å². The largest absolute Gasteiger partial charge is 0.370 e. The molecule has 0 aliphatic carbocycles. The molecule has 2 aromatic rings. The highest BCUT2D eigenvalue weighted by atomic mass is 15.2. The Morgan fingerprint density at radius 3 is 2.43 bits per heavy atom. The Kier molecular flexibility index (Phi) is 6.85. The summed E-state index contributed by atoms with van der Waals surface area (Å²) in [7, 11) is 2.07. The zero-order chi connectivity index (χ0) is 16.5. The van der Waals surface area contributed by atoms with E-state index in [9.17, 15) is 0 Å². The first-order chi connectivity index (χ1) is 11.2. The first-order valence-electron chi connectivity index (χ1n) is 8.64. The molecule has 0 bridgehead atoms. The first kappa shape index (κ1) is 17.3. The van der Waals surface area contributed by atoms with Gasteiger partial charge in [0.1, 0.15) is 5.82 Å². The summed E-state index contributed by atoms with van der Waals surface area (Å²) < 4.78 is 0. The quantitative estimate of drug-likeness (QED) is 0.687. The van der Waals surface area contributed by atoms with Crippen molar-refractivity contribution in [2.75, 3.05) is 30.4 Å². The Hall–Kier alpha value is -2.10. The highest BCUT2D eigenvalue weighted by Crippen LogP contribution is 2.22. The lowest BCUT2D eigenvalue weighted by Crippen LogP contribution is -2.21. The van der Waals surface area contributed by atoms with E-state index in [1.54, 1.807) is 0 Å². The standard InChI is InChI=1S/C19H28N4/c1-4-6-13-20-18-15-17(16-11-9-8-10-12-16)21-19(22-18)23(3)14-7-5-2/h8-12,15H,4-7,13-14H2,1-3H3,(H,20,21,22). The number of hydrogen-bond acceptors (Lipinski definition) is 4. The molecule has 2 rings (SSSR count). The van der Waals surface area contributed by atoms with Crippen LogP contribution in [0.4, 0.5) is 11.8 Å². The number of unbranched alkanes of at least 4 members (excludes halogenated alkanes) is 2. The van der Waals surface area contributed by atoms with Gasteiger partial charge in [-0.15, -0.1) is 0 Å². The Balaban J connectivity index is 2.27. The monoisotopic (exact) mass is 312 g/mol. The highest BCUT2D eigenvalue weighted by molar-refractivity contribution is 5.64. The molecule has 4 heteroatoms. The summed E-state index contributed by atoms with van der Waals surface area (Å²) in [6.07, 6.45) is 4.64. The maximum Gasteiger partial charge on any atom is 0.227 e. The van der Waals surface area contributed by atoms with Gasteiger partial charge in [-0.05, 0) is 12.8 Å². The van der Waals surface area contributed by atoms with Crippen LogP contribution in [0.1, 0.15) is 39.5 Å². The molecule has 0 fully saturated rings. The van der Waals surface area contributed by atoms with E-state index in [2.05, 4.69) is 48.2 Å². The van der Waals surface area contributed by atoms with Gasteiger partial charge >= 0.3 is 0 Å². The number of nitrogens with one attached hydrogen (secondary N) is 1. The Morgan fingerprint density at radius 2 is 1.74 bits per heavy atom. The molecular weight excluding hydrogens is 284 g/mol. The van der Waals surface area contributed by atoms with Gasteiger partial charge < -0.3 is 10.2 Å². The predicted octanol–water partition coefficient (Wildman–Crippen LogP) is 4.59. The van der Waals surface area contributed by atoms with Crippen molar-refractivity contribution in [2.24, 2.45) is 0 Å². The number of rotatable bonds is 9. The molecule has 1 heterocycles. The molecule has 1 aromatic carbocycles. The number of benzene rings is 1. The molecular formula is C19H28N4. The first-order valence-corrected chi connectivity index (χ1v) is 8.64. The Morgan fingerprint density at radius 1 is 1.00 bits per heavy atom. The topological polar surface area (TPSA) is 41.1 Å². The van der Waals surface area contributed by atoms with Gasteiger partial charge in [-0.2, -0.15) is 4.98 Å². The molecule has 0 radical (unpaired) electrons. The van der Waals surface area contributed by atoms with E-state index in [1.807, 2.05) is 24.3 Å². The average molecular weight is 312 g/mol. The highest BCUT2D eigenvalue weighted by Gasteiger charge is 2.10. The van der Waals surface area contributed by atoms with E-state index in [1.165, 1.54) is 12.8 Å². The molecule has 0 atom stereocenters. The van der Waals surface area contributed by atoms with E-state index >= 15 is 0 Å². The summed E-state index contributed by atoms with van der Waals surface area (Å²) >= 11 is 0. The lowest BCUT2D eigenvalue weighted by molar-refractivity contribution is 0.750. The van der Waals surface area contributed by atoms with Crippen LogP contribution < -0.4 is 10.2 Å². The molecule has 23 heavy (non-hydrogen) atoms. The van der Waals surface area contributed by atoms with Crippen molar-refractivity contribution in [3.05, 3.63) is 36.4 Å². The van der Waals surface area contributed by atoms with Crippen molar-refractivity contribution >= 4 is 11.8 Å². The van der Waals surface area contributed by atoms with Gasteiger partial charge in [-0.3, -0.25) is 0 Å². The van der Waals surface area contributed by atoms with Gasteiger partial charge in [0.2, 0.25) is 5.95 Å². The second-order valence-electron chi connectivity index (χ2n) is 5.86. The molecule has 0 spiro atoms. The maximum absolute atomic E-state index is 4.76. The second kappa shape index (κ2) is 9.13. The molecule has 124 valence electrons. The van der Waals surface area contributed by atoms with Crippen molar-refractivity contribution in [1.82, 2.24) is 9.97 Å². The van der Waals surface area contributed by atoms with Gasteiger partial charge in [0, 0.05) is 31.8 Å². The Labute approximate surface area is 140 Å². The van der Waals surface area contributed by atoms with Gasteiger partial charge in [-0.25, -0.2) is 4.98 Å².